The first-order valence-electron chi connectivity index (χ1n) is 8.88. The van der Waals surface area contributed by atoms with Crippen LogP contribution in [0.4, 0.5) is 10.1 Å². The minimum absolute atomic E-state index is 0.169. The third kappa shape index (κ3) is 3.01. The normalized spacial score (nSPS) is 18.1. The lowest BCUT2D eigenvalue weighted by molar-refractivity contribution is -0.116. The van der Waals surface area contributed by atoms with E-state index in [0.29, 0.717) is 10.6 Å². The third-order valence-electron chi connectivity index (χ3n) is 4.72. The first-order valence-corrected chi connectivity index (χ1v) is 9.76. The molecule has 6 heteroatoms. The number of aromatic nitrogens is 1. The number of aromatic amines is 1. The zero-order valence-electron chi connectivity index (χ0n) is 14.7. The van der Waals surface area contributed by atoms with Crippen molar-refractivity contribution in [1.29, 1.82) is 0 Å². The fraction of sp³-hybridized carbons (Fsp3) is 0.0455. The van der Waals surface area contributed by atoms with E-state index in [-0.39, 0.29) is 11.7 Å². The Morgan fingerprint density at radius 1 is 0.964 bits per heavy atom. The molecule has 1 unspecified atom stereocenters. The van der Waals surface area contributed by atoms with Gasteiger partial charge in [0.2, 0.25) is 0 Å². The first-order chi connectivity index (χ1) is 13.7. The van der Waals surface area contributed by atoms with Crippen LogP contribution in [-0.4, -0.2) is 16.4 Å². The molecule has 1 aliphatic heterocycles. The highest BCUT2D eigenvalue weighted by Gasteiger charge is 2.27. The molecule has 2 heterocycles. The second-order valence-electron chi connectivity index (χ2n) is 6.58. The number of hydrogen-bond donors (Lipinski definition) is 3. The summed E-state index contributed by atoms with van der Waals surface area (Å²) in [7, 11) is 0. The highest BCUT2D eigenvalue weighted by Crippen LogP contribution is 2.32. The van der Waals surface area contributed by atoms with Gasteiger partial charge in [-0.15, -0.1) is 0 Å². The summed E-state index contributed by atoms with van der Waals surface area (Å²) in [6, 6.07) is 20.6. The topological polar surface area (TPSA) is 56.9 Å². The Morgan fingerprint density at radius 2 is 1.75 bits per heavy atom. The summed E-state index contributed by atoms with van der Waals surface area (Å²) in [5, 5.41) is 8.12. The number of nitrogens with one attached hydrogen (secondary N) is 3. The quantitative estimate of drug-likeness (QED) is 0.429. The molecule has 1 amide bonds. The number of para-hydroxylation sites is 2. The number of carbonyl (C=O) groups excluding carboxylic acids is 1. The average Bonchev–Trinajstić information content (AvgIpc) is 3.23. The number of fused-ring (bicyclic) bond motifs is 3. The number of benzene rings is 3. The van der Waals surface area contributed by atoms with Gasteiger partial charge in [0.15, 0.2) is 5.50 Å². The molecule has 28 heavy (non-hydrogen) atoms. The Hall–Kier alpha value is -3.25. The zero-order chi connectivity index (χ0) is 19.1. The molecule has 1 aliphatic rings. The smallest absolute Gasteiger partial charge is 0.260 e. The number of halogens is 1. The van der Waals surface area contributed by atoms with Crippen molar-refractivity contribution in [3.05, 3.63) is 83.0 Å². The van der Waals surface area contributed by atoms with Crippen LogP contribution >= 0.6 is 11.8 Å². The minimum Gasteiger partial charge on any atom is -0.355 e. The molecule has 0 saturated carbocycles. The van der Waals surface area contributed by atoms with Gasteiger partial charge >= 0.3 is 0 Å². The Balaban J connectivity index is 1.43. The van der Waals surface area contributed by atoms with Crippen LogP contribution in [0, 0.1) is 5.82 Å². The van der Waals surface area contributed by atoms with E-state index in [4.69, 9.17) is 0 Å². The maximum Gasteiger partial charge on any atom is 0.260 e. The molecule has 4 nitrogen and oxygen atoms in total. The summed E-state index contributed by atoms with van der Waals surface area (Å²) in [5.74, 6) is -0.516. The van der Waals surface area contributed by atoms with E-state index in [1.165, 1.54) is 17.8 Å². The molecule has 0 radical (unpaired) electrons. The standard InChI is InChI=1S/C22H16FN3OS/c23-16-6-2-4-8-19(16)25-22-26-21(27)20(28-22)12-13-9-10-18-15(11-13)14-5-1-3-7-17(14)24-18/h1-12,22,24-25H,(H,26,27)/b20-12-. The summed E-state index contributed by atoms with van der Waals surface area (Å²) in [5.41, 5.74) is 3.05. The average molecular weight is 389 g/mol. The van der Waals surface area contributed by atoms with E-state index in [1.807, 2.05) is 36.4 Å². The van der Waals surface area contributed by atoms with Crippen LogP contribution in [0.1, 0.15) is 5.56 Å². The van der Waals surface area contributed by atoms with Crippen molar-refractivity contribution in [2.45, 2.75) is 5.50 Å². The van der Waals surface area contributed by atoms with Crippen molar-refractivity contribution in [2.24, 2.45) is 0 Å². The fourth-order valence-corrected chi connectivity index (χ4v) is 4.37. The van der Waals surface area contributed by atoms with Gasteiger partial charge in [0.1, 0.15) is 5.82 Å². The van der Waals surface area contributed by atoms with Crippen LogP contribution in [-0.2, 0) is 4.79 Å². The number of carbonyl (C=O) groups is 1. The van der Waals surface area contributed by atoms with E-state index in [0.717, 1.165) is 27.4 Å². The van der Waals surface area contributed by atoms with Crippen LogP contribution < -0.4 is 10.6 Å². The van der Waals surface area contributed by atoms with E-state index < -0.39 is 5.50 Å². The second-order valence-corrected chi connectivity index (χ2v) is 7.73. The number of rotatable bonds is 3. The largest absolute Gasteiger partial charge is 0.355 e. The molecule has 1 fully saturated rings. The maximum absolute atomic E-state index is 13.8. The minimum atomic E-state index is -0.410. The molecule has 1 atom stereocenters. The van der Waals surface area contributed by atoms with Crippen LogP contribution in [0.5, 0.6) is 0 Å². The van der Waals surface area contributed by atoms with Gasteiger partial charge in [-0.25, -0.2) is 4.39 Å². The Labute approximate surface area is 164 Å². The number of H-pyrrole nitrogens is 1. The predicted molar refractivity (Wildman–Crippen MR) is 113 cm³/mol. The SMILES string of the molecule is O=C1NC(Nc2ccccc2F)S/C1=C\c1ccc2[nH]c3ccccc3c2c1. The lowest BCUT2D eigenvalue weighted by Crippen LogP contribution is -2.31. The van der Waals surface area contributed by atoms with Crippen molar-refractivity contribution >= 4 is 51.2 Å². The summed E-state index contributed by atoms with van der Waals surface area (Å²) < 4.78 is 13.8. The summed E-state index contributed by atoms with van der Waals surface area (Å²) in [6.07, 6.45) is 1.87. The number of amides is 1. The van der Waals surface area contributed by atoms with Gasteiger partial charge in [-0.3, -0.25) is 4.79 Å². The Morgan fingerprint density at radius 3 is 2.64 bits per heavy atom. The van der Waals surface area contributed by atoms with E-state index in [2.05, 4.69) is 27.8 Å². The van der Waals surface area contributed by atoms with Gasteiger partial charge in [0, 0.05) is 21.8 Å². The molecule has 138 valence electrons. The zero-order valence-corrected chi connectivity index (χ0v) is 15.5. The number of thioether (sulfide) groups is 1. The highest BCUT2D eigenvalue weighted by molar-refractivity contribution is 8.05. The Kier molecular flexibility index (Phi) is 4.06. The molecule has 3 N–H and O–H groups in total. The van der Waals surface area contributed by atoms with E-state index in [1.54, 1.807) is 18.2 Å². The van der Waals surface area contributed by atoms with Gasteiger partial charge in [-0.05, 0) is 42.0 Å². The van der Waals surface area contributed by atoms with Crippen LogP contribution in [0.2, 0.25) is 0 Å². The summed E-state index contributed by atoms with van der Waals surface area (Å²) in [6.45, 7) is 0. The van der Waals surface area contributed by atoms with Gasteiger partial charge in [0.25, 0.3) is 5.91 Å². The molecule has 0 spiro atoms. The third-order valence-corrected chi connectivity index (χ3v) is 5.75. The molecule has 5 rings (SSSR count). The van der Waals surface area contributed by atoms with Gasteiger partial charge in [-0.2, -0.15) is 0 Å². The highest BCUT2D eigenvalue weighted by atomic mass is 32.2. The molecular formula is C22H16FN3OS. The molecule has 1 saturated heterocycles. The van der Waals surface area contributed by atoms with Gasteiger partial charge in [0.05, 0.1) is 10.6 Å². The molecular weight excluding hydrogens is 373 g/mol. The van der Waals surface area contributed by atoms with Crippen molar-refractivity contribution in [3.63, 3.8) is 0 Å². The van der Waals surface area contributed by atoms with Crippen LogP contribution in [0.25, 0.3) is 27.9 Å². The first kappa shape index (κ1) is 16.9. The van der Waals surface area contributed by atoms with Crippen molar-refractivity contribution in [2.75, 3.05) is 5.32 Å². The van der Waals surface area contributed by atoms with Crippen molar-refractivity contribution < 1.29 is 9.18 Å². The monoisotopic (exact) mass is 389 g/mol. The second kappa shape index (κ2) is 6.73. The van der Waals surface area contributed by atoms with E-state index in [9.17, 15) is 9.18 Å². The molecule has 3 aromatic carbocycles. The van der Waals surface area contributed by atoms with E-state index >= 15 is 0 Å². The molecule has 0 aliphatic carbocycles. The lowest BCUT2D eigenvalue weighted by atomic mass is 10.1. The predicted octanol–water partition coefficient (Wildman–Crippen LogP) is 5.06. The van der Waals surface area contributed by atoms with Crippen molar-refractivity contribution in [1.82, 2.24) is 10.3 Å². The number of hydrogen-bond acceptors (Lipinski definition) is 3. The molecule has 0 bridgehead atoms. The molecule has 1 aromatic heterocycles. The summed E-state index contributed by atoms with van der Waals surface area (Å²) >= 11 is 1.34. The van der Waals surface area contributed by atoms with Crippen molar-refractivity contribution in [3.8, 4) is 0 Å². The lowest BCUT2D eigenvalue weighted by Gasteiger charge is -2.12. The van der Waals surface area contributed by atoms with Crippen LogP contribution in [0.15, 0.2) is 71.6 Å². The fourth-order valence-electron chi connectivity index (χ4n) is 3.39. The van der Waals surface area contributed by atoms with Gasteiger partial charge in [-0.1, -0.05) is 48.2 Å². The molecule has 4 aromatic rings. The number of anilines is 1. The Bertz CT molecular complexity index is 1250. The van der Waals surface area contributed by atoms with Gasteiger partial charge < -0.3 is 15.6 Å². The maximum atomic E-state index is 13.8. The summed E-state index contributed by atoms with van der Waals surface area (Å²) in [4.78, 5) is 16.3. The van der Waals surface area contributed by atoms with Crippen LogP contribution in [0.3, 0.4) is 0 Å².